The van der Waals surface area contributed by atoms with Crippen LogP contribution in [-0.4, -0.2) is 23.2 Å². The van der Waals surface area contributed by atoms with Crippen LogP contribution in [0.4, 0.5) is 4.79 Å². The van der Waals surface area contributed by atoms with Gasteiger partial charge < -0.3 is 9.47 Å². The number of para-hydroxylation sites is 1. The van der Waals surface area contributed by atoms with Crippen LogP contribution in [0.2, 0.25) is 0 Å². The first-order chi connectivity index (χ1) is 15.4. The summed E-state index contributed by atoms with van der Waals surface area (Å²) in [6.07, 6.45) is 3.84. The fourth-order valence-electron chi connectivity index (χ4n) is 4.57. The molecule has 1 spiro atoms. The predicted octanol–water partition coefficient (Wildman–Crippen LogP) is 6.49. The van der Waals surface area contributed by atoms with Crippen LogP contribution in [0.15, 0.2) is 91.0 Å². The van der Waals surface area contributed by atoms with E-state index in [0.29, 0.717) is 6.61 Å². The Balaban J connectivity index is 1.54. The second-order valence-corrected chi connectivity index (χ2v) is 9.35. The van der Waals surface area contributed by atoms with Crippen molar-refractivity contribution in [2.45, 2.75) is 38.0 Å². The maximum absolute atomic E-state index is 13.5. The largest absolute Gasteiger partial charge is 0.490 e. The summed E-state index contributed by atoms with van der Waals surface area (Å²) in [5, 5.41) is 0. The van der Waals surface area contributed by atoms with E-state index in [4.69, 9.17) is 9.47 Å². The van der Waals surface area contributed by atoms with Crippen LogP contribution in [-0.2, 0) is 10.3 Å². The average Bonchev–Trinajstić information content (AvgIpc) is 3.36. The highest BCUT2D eigenvalue weighted by molar-refractivity contribution is 5.74. The van der Waals surface area contributed by atoms with Gasteiger partial charge in [0.2, 0.25) is 0 Å². The number of carbonyl (C=O) groups excluding carboxylic acids is 1. The maximum Gasteiger partial charge on any atom is 0.412 e. The molecule has 0 saturated carbocycles. The first-order valence-corrected chi connectivity index (χ1v) is 11.0. The lowest BCUT2D eigenvalue weighted by atomic mass is 9.91. The molecular formula is C28H27NO3. The summed E-state index contributed by atoms with van der Waals surface area (Å²) >= 11 is 0. The van der Waals surface area contributed by atoms with Gasteiger partial charge in [0.05, 0.1) is 6.04 Å². The van der Waals surface area contributed by atoms with Gasteiger partial charge in [-0.1, -0.05) is 84.9 Å². The smallest absolute Gasteiger partial charge is 0.412 e. The molecule has 2 aliphatic heterocycles. The van der Waals surface area contributed by atoms with Crippen LogP contribution >= 0.6 is 0 Å². The van der Waals surface area contributed by atoms with Crippen LogP contribution in [0, 0.1) is 0 Å². The van der Waals surface area contributed by atoms with Crippen molar-refractivity contribution in [1.82, 2.24) is 4.90 Å². The Bertz CT molecular complexity index is 1160. The minimum atomic E-state index is -0.679. The van der Waals surface area contributed by atoms with Gasteiger partial charge in [0.25, 0.3) is 0 Å². The molecule has 2 aliphatic rings. The summed E-state index contributed by atoms with van der Waals surface area (Å²) in [5.41, 5.74) is 3.06. The predicted molar refractivity (Wildman–Crippen MR) is 125 cm³/mol. The first-order valence-electron chi connectivity index (χ1n) is 11.0. The zero-order valence-electron chi connectivity index (χ0n) is 18.6. The molecule has 4 heteroatoms. The highest BCUT2D eigenvalue weighted by Gasteiger charge is 2.53. The van der Waals surface area contributed by atoms with Crippen molar-refractivity contribution in [1.29, 1.82) is 0 Å². The van der Waals surface area contributed by atoms with Crippen LogP contribution in [0.3, 0.4) is 0 Å². The SMILES string of the molecule is CC(C)(C)OC(=O)N1[C@@H](c2ccc(-c3ccccc3)cc2)C=C[C@@]12COc1ccccc12. The molecule has 0 bridgehead atoms. The molecule has 32 heavy (non-hydrogen) atoms. The van der Waals surface area contributed by atoms with Gasteiger partial charge in [-0.2, -0.15) is 0 Å². The van der Waals surface area contributed by atoms with Crippen molar-refractivity contribution in [3.63, 3.8) is 0 Å². The van der Waals surface area contributed by atoms with Gasteiger partial charge in [-0.15, -0.1) is 0 Å². The number of nitrogens with zero attached hydrogens (tertiary/aromatic N) is 1. The van der Waals surface area contributed by atoms with Crippen LogP contribution in [0.5, 0.6) is 5.75 Å². The van der Waals surface area contributed by atoms with Crippen molar-refractivity contribution < 1.29 is 14.3 Å². The Hall–Kier alpha value is -3.53. The zero-order valence-corrected chi connectivity index (χ0v) is 18.6. The normalized spacial score (nSPS) is 21.5. The van der Waals surface area contributed by atoms with Crippen LogP contribution in [0.1, 0.15) is 37.9 Å². The van der Waals surface area contributed by atoms with E-state index in [-0.39, 0.29) is 12.1 Å². The molecule has 2 heterocycles. The first kappa shape index (κ1) is 20.4. The topological polar surface area (TPSA) is 38.8 Å². The maximum atomic E-state index is 13.5. The third-order valence-corrected chi connectivity index (χ3v) is 6.01. The average molecular weight is 426 g/mol. The van der Waals surface area contributed by atoms with Gasteiger partial charge in [-0.05, 0) is 43.5 Å². The van der Waals surface area contributed by atoms with E-state index in [1.54, 1.807) is 0 Å². The summed E-state index contributed by atoms with van der Waals surface area (Å²) in [5.74, 6) is 0.811. The molecule has 4 nitrogen and oxygen atoms in total. The van der Waals surface area contributed by atoms with Crippen molar-refractivity contribution in [2.24, 2.45) is 0 Å². The lowest BCUT2D eigenvalue weighted by Gasteiger charge is -2.38. The number of benzene rings is 3. The number of carbonyl (C=O) groups is 1. The fourth-order valence-corrected chi connectivity index (χ4v) is 4.57. The van der Waals surface area contributed by atoms with Gasteiger partial charge in [-0.3, -0.25) is 4.90 Å². The van der Waals surface area contributed by atoms with E-state index in [2.05, 4.69) is 48.6 Å². The molecule has 0 radical (unpaired) electrons. The summed E-state index contributed by atoms with van der Waals surface area (Å²) < 4.78 is 11.9. The third kappa shape index (κ3) is 3.46. The molecule has 2 atom stereocenters. The lowest BCUT2D eigenvalue weighted by Crippen LogP contribution is -2.49. The van der Waals surface area contributed by atoms with Crippen LogP contribution < -0.4 is 4.74 Å². The molecule has 3 aromatic rings. The fraction of sp³-hybridized carbons (Fsp3) is 0.250. The Morgan fingerprint density at radius 3 is 2.31 bits per heavy atom. The number of rotatable bonds is 2. The molecule has 3 aromatic carbocycles. The van der Waals surface area contributed by atoms with Gasteiger partial charge in [0, 0.05) is 5.56 Å². The van der Waals surface area contributed by atoms with Crippen molar-refractivity contribution in [2.75, 3.05) is 6.61 Å². The molecule has 1 amide bonds. The monoisotopic (exact) mass is 425 g/mol. The summed E-state index contributed by atoms with van der Waals surface area (Å²) in [6.45, 7) is 6.05. The lowest BCUT2D eigenvalue weighted by molar-refractivity contribution is -0.00268. The highest BCUT2D eigenvalue weighted by atomic mass is 16.6. The second kappa shape index (κ2) is 7.56. The van der Waals surface area contributed by atoms with Gasteiger partial charge in [-0.25, -0.2) is 4.79 Å². The van der Waals surface area contributed by atoms with Crippen LogP contribution in [0.25, 0.3) is 11.1 Å². The molecule has 5 rings (SSSR count). The van der Waals surface area contributed by atoms with Crippen molar-refractivity contribution in [3.8, 4) is 16.9 Å². The van der Waals surface area contributed by atoms with Gasteiger partial charge in [0.1, 0.15) is 23.5 Å². The number of hydrogen-bond donors (Lipinski definition) is 0. The third-order valence-electron chi connectivity index (χ3n) is 6.01. The van der Waals surface area contributed by atoms with Gasteiger partial charge in [0.15, 0.2) is 0 Å². The van der Waals surface area contributed by atoms with E-state index in [0.717, 1.165) is 22.4 Å². The molecule has 162 valence electrons. The summed E-state index contributed by atoms with van der Waals surface area (Å²) in [4.78, 5) is 15.3. The Morgan fingerprint density at radius 1 is 0.938 bits per heavy atom. The Morgan fingerprint density at radius 2 is 1.59 bits per heavy atom. The van der Waals surface area contributed by atoms with E-state index in [1.165, 1.54) is 5.56 Å². The molecular weight excluding hydrogens is 398 g/mol. The van der Waals surface area contributed by atoms with Gasteiger partial charge >= 0.3 is 6.09 Å². The van der Waals surface area contributed by atoms with E-state index >= 15 is 0 Å². The van der Waals surface area contributed by atoms with E-state index in [1.807, 2.05) is 68.1 Å². The molecule has 0 unspecified atom stereocenters. The number of fused-ring (bicyclic) bond motifs is 2. The van der Waals surface area contributed by atoms with E-state index in [9.17, 15) is 4.79 Å². The number of hydrogen-bond acceptors (Lipinski definition) is 3. The standard InChI is InChI=1S/C28H27NO3/c1-27(2,3)32-26(30)29-24(17-18-28(29)19-31-25-12-8-7-11-23(25)28)22-15-13-21(14-16-22)20-9-5-4-6-10-20/h4-18,24H,19H2,1-3H3/t24-,28+/m1/s1. The second-order valence-electron chi connectivity index (χ2n) is 9.35. The number of ether oxygens (including phenoxy) is 2. The van der Waals surface area contributed by atoms with Crippen molar-refractivity contribution >= 4 is 6.09 Å². The molecule has 0 fully saturated rings. The summed E-state index contributed by atoms with van der Waals surface area (Å²) in [7, 11) is 0. The Labute approximate surface area is 189 Å². The number of amides is 1. The highest BCUT2D eigenvalue weighted by Crippen LogP contribution is 2.50. The summed E-state index contributed by atoms with van der Waals surface area (Å²) in [6, 6.07) is 26.4. The molecule has 0 aromatic heterocycles. The quantitative estimate of drug-likeness (QED) is 0.441. The Kier molecular flexibility index (Phi) is 4.81. The van der Waals surface area contributed by atoms with Crippen molar-refractivity contribution in [3.05, 3.63) is 102 Å². The minimum Gasteiger partial charge on any atom is -0.490 e. The molecule has 0 N–H and O–H groups in total. The molecule has 0 saturated heterocycles. The van der Waals surface area contributed by atoms with E-state index < -0.39 is 11.1 Å². The molecule has 0 aliphatic carbocycles. The zero-order chi connectivity index (χ0) is 22.3. The minimum absolute atomic E-state index is 0.246.